The van der Waals surface area contributed by atoms with Gasteiger partial charge in [-0.1, -0.05) is 25.6 Å². The van der Waals surface area contributed by atoms with Crippen molar-refractivity contribution in [3.05, 3.63) is 22.1 Å². The molecule has 6 nitrogen and oxygen atoms in total. The van der Waals surface area contributed by atoms with Crippen LogP contribution in [-0.4, -0.2) is 44.2 Å². The molecule has 1 fully saturated rings. The monoisotopic (exact) mass is 362 g/mol. The molecule has 1 N–H and O–H groups in total. The molecule has 25 heavy (non-hydrogen) atoms. The van der Waals surface area contributed by atoms with Crippen LogP contribution < -0.4 is 5.56 Å². The lowest BCUT2D eigenvalue weighted by Crippen LogP contribution is -2.43. The zero-order valence-corrected chi connectivity index (χ0v) is 16.2. The smallest absolute Gasteiger partial charge is 0.278 e. The third kappa shape index (κ3) is 3.76. The number of nitrogens with one attached hydrogen (secondary N) is 1. The van der Waals surface area contributed by atoms with Crippen LogP contribution >= 0.6 is 11.8 Å². The molecule has 2 atom stereocenters. The highest BCUT2D eigenvalue weighted by Gasteiger charge is 2.25. The summed E-state index contributed by atoms with van der Waals surface area (Å²) in [5.41, 5.74) is 2.05. The quantitative estimate of drug-likeness (QED) is 0.670. The lowest BCUT2D eigenvalue weighted by atomic mass is 9.92. The molecule has 3 rings (SSSR count). The fourth-order valence-electron chi connectivity index (χ4n) is 3.68. The Morgan fingerprint density at radius 1 is 1.36 bits per heavy atom. The van der Waals surface area contributed by atoms with E-state index in [9.17, 15) is 9.59 Å². The van der Waals surface area contributed by atoms with Gasteiger partial charge in [0.15, 0.2) is 5.16 Å². The number of aromatic amines is 1. The molecular weight excluding hydrogens is 336 g/mol. The van der Waals surface area contributed by atoms with Gasteiger partial charge in [-0.15, -0.1) is 0 Å². The van der Waals surface area contributed by atoms with E-state index in [0.717, 1.165) is 18.8 Å². The molecule has 136 valence electrons. The molecule has 2 aromatic heterocycles. The second kappa shape index (κ2) is 7.23. The Hall–Kier alpha value is -1.76. The van der Waals surface area contributed by atoms with E-state index < -0.39 is 0 Å². The molecule has 1 aliphatic heterocycles. The molecule has 0 aliphatic carbocycles. The van der Waals surface area contributed by atoms with Crippen molar-refractivity contribution in [2.75, 3.05) is 18.8 Å². The maximum Gasteiger partial charge on any atom is 0.278 e. The number of aromatic nitrogens is 3. The third-order valence-corrected chi connectivity index (χ3v) is 5.66. The molecule has 0 spiro atoms. The van der Waals surface area contributed by atoms with Gasteiger partial charge in [-0.3, -0.25) is 14.2 Å². The number of carbonyl (C=O) groups excluding carboxylic acids is 1. The number of hydrogen-bond acceptors (Lipinski definition) is 4. The van der Waals surface area contributed by atoms with E-state index in [4.69, 9.17) is 0 Å². The average molecular weight is 362 g/mol. The van der Waals surface area contributed by atoms with Crippen molar-refractivity contribution in [2.45, 2.75) is 45.8 Å². The molecule has 2 unspecified atom stereocenters. The van der Waals surface area contributed by atoms with Crippen molar-refractivity contribution < 1.29 is 4.79 Å². The van der Waals surface area contributed by atoms with E-state index in [1.165, 1.54) is 18.2 Å². The lowest BCUT2D eigenvalue weighted by Gasteiger charge is -2.35. The van der Waals surface area contributed by atoms with Crippen molar-refractivity contribution in [1.82, 2.24) is 19.4 Å². The van der Waals surface area contributed by atoms with E-state index >= 15 is 0 Å². The maximum atomic E-state index is 12.6. The second-order valence-corrected chi connectivity index (χ2v) is 8.13. The summed E-state index contributed by atoms with van der Waals surface area (Å²) in [6.45, 7) is 10.4. The number of H-pyrrole nitrogens is 1. The fourth-order valence-corrected chi connectivity index (χ4v) is 4.65. The highest BCUT2D eigenvalue weighted by molar-refractivity contribution is 7.99. The number of nitrogens with zero attached hydrogens (tertiary/aromatic N) is 3. The molecule has 1 saturated heterocycles. The van der Waals surface area contributed by atoms with Crippen LogP contribution in [0.5, 0.6) is 0 Å². The number of thioether (sulfide) groups is 1. The molecular formula is C18H26N4O2S. The van der Waals surface area contributed by atoms with Crippen LogP contribution in [0.4, 0.5) is 0 Å². The van der Waals surface area contributed by atoms with Gasteiger partial charge < -0.3 is 9.88 Å². The Morgan fingerprint density at radius 3 is 2.68 bits per heavy atom. The average Bonchev–Trinajstić information content (AvgIpc) is 2.92. The first-order valence-corrected chi connectivity index (χ1v) is 9.88. The van der Waals surface area contributed by atoms with E-state index in [1.807, 2.05) is 24.8 Å². The van der Waals surface area contributed by atoms with Crippen LogP contribution in [0.15, 0.2) is 16.0 Å². The van der Waals surface area contributed by atoms with Crippen molar-refractivity contribution in [1.29, 1.82) is 0 Å². The van der Waals surface area contributed by atoms with Crippen molar-refractivity contribution >= 4 is 28.7 Å². The lowest BCUT2D eigenvalue weighted by molar-refractivity contribution is -0.130. The van der Waals surface area contributed by atoms with Gasteiger partial charge in [-0.25, -0.2) is 4.98 Å². The molecule has 7 heteroatoms. The van der Waals surface area contributed by atoms with Crippen molar-refractivity contribution in [3.63, 3.8) is 0 Å². The van der Waals surface area contributed by atoms with Crippen molar-refractivity contribution in [3.8, 4) is 0 Å². The third-order valence-electron chi connectivity index (χ3n) is 4.70. The maximum absolute atomic E-state index is 12.6. The van der Waals surface area contributed by atoms with E-state index in [1.54, 1.807) is 4.57 Å². The topological polar surface area (TPSA) is 71.0 Å². The molecule has 1 amide bonds. The fraction of sp³-hybridized carbons (Fsp3) is 0.611. The summed E-state index contributed by atoms with van der Waals surface area (Å²) in [6, 6.07) is 1.87. The molecule has 1 aliphatic rings. The molecule has 0 aromatic carbocycles. The zero-order valence-electron chi connectivity index (χ0n) is 15.3. The number of fused-ring (bicyclic) bond motifs is 1. The van der Waals surface area contributed by atoms with E-state index in [2.05, 4.69) is 23.8 Å². The highest BCUT2D eigenvalue weighted by Crippen LogP contribution is 2.23. The number of rotatable bonds is 4. The summed E-state index contributed by atoms with van der Waals surface area (Å²) in [6.07, 6.45) is 1.18. The first-order chi connectivity index (χ1) is 11.9. The first kappa shape index (κ1) is 18.0. The minimum atomic E-state index is -0.0734. The summed E-state index contributed by atoms with van der Waals surface area (Å²) in [7, 11) is 0. The van der Waals surface area contributed by atoms with E-state index in [-0.39, 0.29) is 11.5 Å². The number of carbonyl (C=O) groups is 1. The van der Waals surface area contributed by atoms with Gasteiger partial charge in [0.25, 0.3) is 5.56 Å². The van der Waals surface area contributed by atoms with Crippen LogP contribution in [0.1, 0.15) is 32.9 Å². The second-order valence-electron chi connectivity index (χ2n) is 7.19. The number of amides is 1. The van der Waals surface area contributed by atoms with Gasteiger partial charge in [0.2, 0.25) is 5.91 Å². The summed E-state index contributed by atoms with van der Waals surface area (Å²) in [4.78, 5) is 34.8. The molecule has 2 aromatic rings. The normalized spacial score (nSPS) is 21.0. The standard InChI is InChI=1S/C18H26N4O2S/c1-5-22-17(24)16-14(7-13(4)19-16)20-18(22)25-10-15(23)21-8-11(2)6-12(3)9-21/h7,11-12,19H,5-6,8-10H2,1-4H3. The van der Waals surface area contributed by atoms with E-state index in [0.29, 0.717) is 40.3 Å². The summed E-state index contributed by atoms with van der Waals surface area (Å²) in [5, 5.41) is 0.616. The summed E-state index contributed by atoms with van der Waals surface area (Å²) < 4.78 is 1.64. The Labute approximate surface area is 152 Å². The Kier molecular flexibility index (Phi) is 5.22. The number of hydrogen-bond donors (Lipinski definition) is 1. The van der Waals surface area contributed by atoms with Crippen LogP contribution in [0.25, 0.3) is 11.0 Å². The first-order valence-electron chi connectivity index (χ1n) is 8.89. The van der Waals surface area contributed by atoms with Crippen LogP contribution in [0, 0.1) is 18.8 Å². The Morgan fingerprint density at radius 2 is 2.04 bits per heavy atom. The number of aryl methyl sites for hydroxylation is 1. The van der Waals surface area contributed by atoms with Gasteiger partial charge in [-0.05, 0) is 38.2 Å². The zero-order chi connectivity index (χ0) is 18.1. The Balaban J connectivity index is 1.78. The molecule has 3 heterocycles. The highest BCUT2D eigenvalue weighted by atomic mass is 32.2. The minimum absolute atomic E-state index is 0.0734. The van der Waals surface area contributed by atoms with Crippen LogP contribution in [0.3, 0.4) is 0 Å². The van der Waals surface area contributed by atoms with Crippen molar-refractivity contribution in [2.24, 2.45) is 11.8 Å². The largest absolute Gasteiger partial charge is 0.353 e. The van der Waals surface area contributed by atoms with Gasteiger partial charge >= 0.3 is 0 Å². The van der Waals surface area contributed by atoms with Gasteiger partial charge in [0.05, 0.1) is 11.3 Å². The molecule has 0 saturated carbocycles. The summed E-state index contributed by atoms with van der Waals surface area (Å²) >= 11 is 1.36. The summed E-state index contributed by atoms with van der Waals surface area (Å²) in [5.74, 6) is 1.54. The van der Waals surface area contributed by atoms with Gasteiger partial charge in [0, 0.05) is 25.3 Å². The van der Waals surface area contributed by atoms with Crippen LogP contribution in [0.2, 0.25) is 0 Å². The predicted molar refractivity (Wildman–Crippen MR) is 101 cm³/mol. The predicted octanol–water partition coefficient (Wildman–Crippen LogP) is 2.65. The Bertz CT molecular complexity index is 831. The SMILES string of the molecule is CCn1c(SCC(=O)N2CC(C)CC(C)C2)nc2cc(C)[nH]c2c1=O. The number of piperidine rings is 1. The number of likely N-dealkylation sites (tertiary alicyclic amines) is 1. The van der Waals surface area contributed by atoms with Gasteiger partial charge in [0.1, 0.15) is 5.52 Å². The van der Waals surface area contributed by atoms with Crippen LogP contribution in [-0.2, 0) is 11.3 Å². The minimum Gasteiger partial charge on any atom is -0.353 e. The van der Waals surface area contributed by atoms with Gasteiger partial charge in [-0.2, -0.15) is 0 Å². The molecule has 0 bridgehead atoms. The molecule has 0 radical (unpaired) electrons.